The van der Waals surface area contributed by atoms with Gasteiger partial charge in [0.2, 0.25) is 0 Å². The van der Waals surface area contributed by atoms with E-state index in [4.69, 9.17) is 0 Å². The maximum atomic E-state index is 11.4. The molecule has 0 aromatic carbocycles. The molecule has 1 aromatic heterocycles. The molecule has 0 spiro atoms. The lowest BCUT2D eigenvalue weighted by molar-refractivity contribution is 0.0572. The average molecular weight is 222 g/mol. The van der Waals surface area contributed by atoms with Crippen molar-refractivity contribution >= 4 is 11.6 Å². The van der Waals surface area contributed by atoms with E-state index < -0.39 is 12.2 Å². The minimum Gasteiger partial charge on any atom is -0.389 e. The Morgan fingerprint density at radius 3 is 2.62 bits per heavy atom. The van der Waals surface area contributed by atoms with E-state index in [1.165, 1.54) is 6.92 Å². The monoisotopic (exact) mass is 222 g/mol. The van der Waals surface area contributed by atoms with Gasteiger partial charge in [-0.2, -0.15) is 0 Å². The summed E-state index contributed by atoms with van der Waals surface area (Å²) in [7, 11) is 0. The van der Waals surface area contributed by atoms with Gasteiger partial charge in [-0.15, -0.1) is 0 Å². The van der Waals surface area contributed by atoms with Gasteiger partial charge in [0.05, 0.1) is 17.8 Å². The number of nitrogens with zero attached hydrogens (tertiary/aromatic N) is 2. The van der Waals surface area contributed by atoms with Crippen LogP contribution >= 0.6 is 0 Å². The van der Waals surface area contributed by atoms with E-state index in [0.29, 0.717) is 24.5 Å². The molecule has 1 saturated heterocycles. The number of pyridine rings is 1. The van der Waals surface area contributed by atoms with Crippen molar-refractivity contribution in [1.82, 2.24) is 4.98 Å². The van der Waals surface area contributed by atoms with Gasteiger partial charge in [0.25, 0.3) is 0 Å². The predicted molar refractivity (Wildman–Crippen MR) is 58.5 cm³/mol. The van der Waals surface area contributed by atoms with Crippen LogP contribution in [0.1, 0.15) is 17.3 Å². The highest BCUT2D eigenvalue weighted by molar-refractivity contribution is 5.98. The first kappa shape index (κ1) is 11.0. The highest BCUT2D eigenvalue weighted by Crippen LogP contribution is 2.22. The van der Waals surface area contributed by atoms with Crippen molar-refractivity contribution in [3.05, 3.63) is 23.9 Å². The van der Waals surface area contributed by atoms with E-state index in [0.717, 1.165) is 0 Å². The SMILES string of the molecule is CC(=O)c1cccnc1N1CC(O)C(O)C1. The van der Waals surface area contributed by atoms with Crippen molar-refractivity contribution in [3.63, 3.8) is 0 Å². The molecule has 0 bridgehead atoms. The Balaban J connectivity index is 2.31. The van der Waals surface area contributed by atoms with Crippen LogP contribution in [-0.2, 0) is 0 Å². The van der Waals surface area contributed by atoms with Crippen LogP contribution in [0.2, 0.25) is 0 Å². The van der Waals surface area contributed by atoms with Crippen molar-refractivity contribution in [2.45, 2.75) is 19.1 Å². The number of Topliss-reactive ketones (excluding diaryl/α,β-unsaturated/α-hetero) is 1. The van der Waals surface area contributed by atoms with Crippen LogP contribution in [0, 0.1) is 0 Å². The fraction of sp³-hybridized carbons (Fsp3) is 0.455. The first-order valence-corrected chi connectivity index (χ1v) is 5.16. The number of aliphatic hydroxyl groups excluding tert-OH is 2. The third-order valence-corrected chi connectivity index (χ3v) is 2.72. The van der Waals surface area contributed by atoms with E-state index in [-0.39, 0.29) is 5.78 Å². The standard InChI is InChI=1S/C11H14N2O3/c1-7(14)8-3-2-4-12-11(8)13-5-9(15)10(16)6-13/h2-4,9-10,15-16H,5-6H2,1H3. The maximum absolute atomic E-state index is 11.4. The molecule has 2 atom stereocenters. The van der Waals surface area contributed by atoms with Crippen LogP contribution < -0.4 is 4.90 Å². The minimum atomic E-state index is -0.776. The van der Waals surface area contributed by atoms with Gasteiger partial charge < -0.3 is 15.1 Å². The Hall–Kier alpha value is -1.46. The number of carbonyl (C=O) groups is 1. The minimum absolute atomic E-state index is 0.0704. The first-order valence-electron chi connectivity index (χ1n) is 5.16. The summed E-state index contributed by atoms with van der Waals surface area (Å²) in [5.41, 5.74) is 0.517. The summed E-state index contributed by atoms with van der Waals surface area (Å²) in [6.07, 6.45) is 0.0439. The second-order valence-corrected chi connectivity index (χ2v) is 3.97. The Labute approximate surface area is 93.3 Å². The summed E-state index contributed by atoms with van der Waals surface area (Å²) < 4.78 is 0. The van der Waals surface area contributed by atoms with Crippen molar-refractivity contribution in [2.24, 2.45) is 0 Å². The zero-order valence-corrected chi connectivity index (χ0v) is 9.00. The number of aliphatic hydroxyl groups is 2. The van der Waals surface area contributed by atoms with Gasteiger partial charge >= 0.3 is 0 Å². The van der Waals surface area contributed by atoms with Crippen molar-refractivity contribution in [3.8, 4) is 0 Å². The molecule has 2 N–H and O–H groups in total. The third kappa shape index (κ3) is 1.91. The van der Waals surface area contributed by atoms with Crippen molar-refractivity contribution < 1.29 is 15.0 Å². The predicted octanol–water partition coefficient (Wildman–Crippen LogP) is -0.174. The van der Waals surface area contributed by atoms with E-state index in [1.54, 1.807) is 23.2 Å². The van der Waals surface area contributed by atoms with Crippen molar-refractivity contribution in [2.75, 3.05) is 18.0 Å². The van der Waals surface area contributed by atoms with E-state index in [1.807, 2.05) is 0 Å². The lowest BCUT2D eigenvalue weighted by Gasteiger charge is -2.18. The summed E-state index contributed by atoms with van der Waals surface area (Å²) in [4.78, 5) is 17.3. The van der Waals surface area contributed by atoms with E-state index in [9.17, 15) is 15.0 Å². The molecule has 2 heterocycles. The maximum Gasteiger partial charge on any atom is 0.163 e. The summed E-state index contributed by atoms with van der Waals surface area (Å²) in [5.74, 6) is 0.463. The molecule has 0 aliphatic carbocycles. The quantitative estimate of drug-likeness (QED) is 0.679. The zero-order valence-electron chi connectivity index (χ0n) is 9.00. The van der Waals surface area contributed by atoms with Gasteiger partial charge in [0.1, 0.15) is 5.82 Å². The molecule has 1 aromatic rings. The first-order chi connectivity index (χ1) is 7.59. The average Bonchev–Trinajstić information content (AvgIpc) is 2.59. The zero-order chi connectivity index (χ0) is 11.7. The third-order valence-electron chi connectivity index (χ3n) is 2.72. The highest BCUT2D eigenvalue weighted by Gasteiger charge is 2.31. The highest BCUT2D eigenvalue weighted by atomic mass is 16.3. The van der Waals surface area contributed by atoms with Crippen LogP contribution in [0.15, 0.2) is 18.3 Å². The Morgan fingerprint density at radius 1 is 1.44 bits per heavy atom. The molecule has 5 heteroatoms. The number of rotatable bonds is 2. The smallest absolute Gasteiger partial charge is 0.163 e. The molecule has 0 amide bonds. The fourth-order valence-electron chi connectivity index (χ4n) is 1.87. The van der Waals surface area contributed by atoms with Gasteiger partial charge in [0.15, 0.2) is 5.78 Å². The molecule has 1 aliphatic rings. The number of hydrogen-bond acceptors (Lipinski definition) is 5. The molecule has 1 aliphatic heterocycles. The van der Waals surface area contributed by atoms with Gasteiger partial charge in [0, 0.05) is 19.3 Å². The summed E-state index contributed by atoms with van der Waals surface area (Å²) in [6.45, 7) is 2.08. The Morgan fingerprint density at radius 2 is 2.06 bits per heavy atom. The molecular weight excluding hydrogens is 208 g/mol. The van der Waals surface area contributed by atoms with Gasteiger partial charge in [-0.05, 0) is 19.1 Å². The Bertz CT molecular complexity index is 398. The number of aromatic nitrogens is 1. The second-order valence-electron chi connectivity index (χ2n) is 3.97. The lowest BCUT2D eigenvalue weighted by Crippen LogP contribution is -2.24. The Kier molecular flexibility index (Phi) is 2.89. The molecular formula is C11H14N2O3. The number of ketones is 1. The van der Waals surface area contributed by atoms with Gasteiger partial charge in [-0.25, -0.2) is 4.98 Å². The molecule has 5 nitrogen and oxygen atoms in total. The van der Waals surface area contributed by atoms with Crippen LogP contribution in [0.3, 0.4) is 0 Å². The number of anilines is 1. The van der Waals surface area contributed by atoms with Crippen LogP contribution in [0.5, 0.6) is 0 Å². The molecule has 0 radical (unpaired) electrons. The number of hydrogen-bond donors (Lipinski definition) is 2. The molecule has 16 heavy (non-hydrogen) atoms. The van der Waals surface area contributed by atoms with Crippen LogP contribution in [-0.4, -0.2) is 46.3 Å². The molecule has 2 rings (SSSR count). The normalized spacial score (nSPS) is 24.8. The van der Waals surface area contributed by atoms with Crippen LogP contribution in [0.25, 0.3) is 0 Å². The summed E-state index contributed by atoms with van der Waals surface area (Å²) in [6, 6.07) is 3.39. The molecule has 1 fully saturated rings. The van der Waals surface area contributed by atoms with E-state index in [2.05, 4.69) is 4.98 Å². The number of carbonyl (C=O) groups excluding carboxylic acids is 1. The van der Waals surface area contributed by atoms with Crippen molar-refractivity contribution in [1.29, 1.82) is 0 Å². The van der Waals surface area contributed by atoms with Crippen LogP contribution in [0.4, 0.5) is 5.82 Å². The fourth-order valence-corrected chi connectivity index (χ4v) is 1.87. The lowest BCUT2D eigenvalue weighted by atomic mass is 10.2. The second kappa shape index (κ2) is 4.19. The molecule has 86 valence electrons. The van der Waals surface area contributed by atoms with E-state index >= 15 is 0 Å². The summed E-state index contributed by atoms with van der Waals surface area (Å²) >= 11 is 0. The number of β-amino-alcohol motifs (C(OH)–C–C–N with tert-alkyl or cyclic N) is 2. The van der Waals surface area contributed by atoms with Gasteiger partial charge in [-0.1, -0.05) is 0 Å². The summed E-state index contributed by atoms with van der Waals surface area (Å²) in [5, 5.41) is 18.9. The topological polar surface area (TPSA) is 73.7 Å². The molecule has 2 unspecified atom stereocenters. The van der Waals surface area contributed by atoms with Gasteiger partial charge in [-0.3, -0.25) is 4.79 Å². The largest absolute Gasteiger partial charge is 0.389 e. The molecule has 0 saturated carbocycles.